The molecule has 1 unspecified atom stereocenters. The van der Waals surface area contributed by atoms with Crippen molar-refractivity contribution in [3.63, 3.8) is 0 Å². The third-order valence-electron chi connectivity index (χ3n) is 4.53. The molecule has 0 radical (unpaired) electrons. The zero-order valence-electron chi connectivity index (χ0n) is 10.7. The minimum Gasteiger partial charge on any atom is -0.454 e. The number of fused-ring (bicyclic) bond motifs is 2. The van der Waals surface area contributed by atoms with E-state index in [9.17, 15) is 8.42 Å². The number of sulfonamides is 1. The highest BCUT2D eigenvalue weighted by atomic mass is 32.2. The van der Waals surface area contributed by atoms with Crippen molar-refractivity contribution in [3.8, 4) is 11.5 Å². The number of nitrogens with zero attached hydrogens (tertiary/aromatic N) is 1. The molecule has 0 aromatic heterocycles. The predicted molar refractivity (Wildman–Crippen MR) is 68.9 cm³/mol. The van der Waals surface area contributed by atoms with Gasteiger partial charge in [0.05, 0.1) is 4.90 Å². The summed E-state index contributed by atoms with van der Waals surface area (Å²) < 4.78 is 37.0. The summed E-state index contributed by atoms with van der Waals surface area (Å²) in [6, 6.07) is 4.70. The van der Waals surface area contributed by atoms with Gasteiger partial charge < -0.3 is 14.6 Å². The van der Waals surface area contributed by atoms with Gasteiger partial charge in [-0.2, -0.15) is 4.31 Å². The lowest BCUT2D eigenvalue weighted by molar-refractivity contribution is 0.174. The van der Waals surface area contributed by atoms with E-state index in [1.807, 2.05) is 0 Å². The summed E-state index contributed by atoms with van der Waals surface area (Å²) in [6.07, 6.45) is 0. The summed E-state index contributed by atoms with van der Waals surface area (Å²) in [5.41, 5.74) is 0. The molecule has 2 aliphatic heterocycles. The zero-order chi connectivity index (χ0) is 13.9. The van der Waals surface area contributed by atoms with Crippen molar-refractivity contribution in [2.24, 2.45) is 17.8 Å². The van der Waals surface area contributed by atoms with Gasteiger partial charge in [-0.3, -0.25) is 0 Å². The van der Waals surface area contributed by atoms with Crippen LogP contribution < -0.4 is 9.47 Å². The van der Waals surface area contributed by atoms with Gasteiger partial charge in [0.15, 0.2) is 11.5 Å². The Bertz CT molecular complexity index is 647. The average molecular weight is 297 g/mol. The molecule has 0 spiro atoms. The van der Waals surface area contributed by atoms with Crippen LogP contribution in [0.5, 0.6) is 11.5 Å². The first-order valence-electron chi connectivity index (χ1n) is 6.62. The molecule has 1 aliphatic carbocycles. The SMILES string of the molecule is O=S(=O)(c1ccc2c(c1)OCO2)N1C[C@@H]2C(CO)[C@@H]2C1. The molecule has 1 saturated heterocycles. The predicted octanol–water partition coefficient (Wildman–Crippen LogP) is 0.274. The number of piperidine rings is 1. The second-order valence-corrected chi connectivity index (χ2v) is 7.45. The summed E-state index contributed by atoms with van der Waals surface area (Å²) in [5.74, 6) is 1.99. The molecule has 0 bridgehead atoms. The number of hydrogen-bond donors (Lipinski definition) is 1. The van der Waals surface area contributed by atoms with Crippen LogP contribution in [0.25, 0.3) is 0 Å². The van der Waals surface area contributed by atoms with Crippen molar-refractivity contribution in [1.29, 1.82) is 0 Å². The van der Waals surface area contributed by atoms with Crippen molar-refractivity contribution < 1.29 is 23.0 Å². The Kier molecular flexibility index (Phi) is 2.55. The smallest absolute Gasteiger partial charge is 0.243 e. The lowest BCUT2D eigenvalue weighted by Gasteiger charge is -2.19. The minimum absolute atomic E-state index is 0.130. The molecule has 6 nitrogen and oxygen atoms in total. The van der Waals surface area contributed by atoms with Crippen LogP contribution in [-0.2, 0) is 10.0 Å². The van der Waals surface area contributed by atoms with E-state index in [4.69, 9.17) is 14.6 Å². The third kappa shape index (κ3) is 1.66. The maximum absolute atomic E-state index is 12.6. The van der Waals surface area contributed by atoms with Crippen LogP contribution in [0.15, 0.2) is 23.1 Å². The molecule has 2 heterocycles. The molecule has 108 valence electrons. The van der Waals surface area contributed by atoms with Gasteiger partial charge >= 0.3 is 0 Å². The molecule has 3 aliphatic rings. The van der Waals surface area contributed by atoms with E-state index in [-0.39, 0.29) is 18.3 Å². The van der Waals surface area contributed by atoms with Crippen LogP contribution in [0, 0.1) is 17.8 Å². The van der Waals surface area contributed by atoms with E-state index in [2.05, 4.69) is 0 Å². The van der Waals surface area contributed by atoms with Crippen molar-refractivity contribution >= 4 is 10.0 Å². The molecule has 1 aromatic rings. The minimum atomic E-state index is -3.48. The van der Waals surface area contributed by atoms with Crippen molar-refractivity contribution in [1.82, 2.24) is 4.31 Å². The van der Waals surface area contributed by atoms with Gasteiger partial charge in [-0.1, -0.05) is 0 Å². The molecule has 0 amide bonds. The fourth-order valence-electron chi connectivity index (χ4n) is 3.26. The Morgan fingerprint density at radius 1 is 1.20 bits per heavy atom. The van der Waals surface area contributed by atoms with Crippen LogP contribution >= 0.6 is 0 Å². The normalized spacial score (nSPS) is 31.4. The number of rotatable bonds is 3. The highest BCUT2D eigenvalue weighted by molar-refractivity contribution is 7.89. The highest BCUT2D eigenvalue weighted by Crippen LogP contribution is 2.52. The summed E-state index contributed by atoms with van der Waals surface area (Å²) in [4.78, 5) is 0.239. The van der Waals surface area contributed by atoms with Crippen LogP contribution in [0.3, 0.4) is 0 Å². The summed E-state index contributed by atoms with van der Waals surface area (Å²) in [6.45, 7) is 1.30. The maximum Gasteiger partial charge on any atom is 0.243 e. The second-order valence-electron chi connectivity index (χ2n) is 5.51. The van der Waals surface area contributed by atoms with Gasteiger partial charge in [0.25, 0.3) is 0 Å². The zero-order valence-corrected chi connectivity index (χ0v) is 11.5. The third-order valence-corrected chi connectivity index (χ3v) is 6.36. The molecule has 3 atom stereocenters. The molecule has 1 saturated carbocycles. The van der Waals surface area contributed by atoms with Crippen LogP contribution in [0.2, 0.25) is 0 Å². The van der Waals surface area contributed by atoms with E-state index in [1.54, 1.807) is 12.1 Å². The summed E-state index contributed by atoms with van der Waals surface area (Å²) >= 11 is 0. The molecular weight excluding hydrogens is 282 g/mol. The van der Waals surface area contributed by atoms with Gasteiger partial charge in [-0.05, 0) is 29.9 Å². The number of aliphatic hydroxyl groups is 1. The fraction of sp³-hybridized carbons (Fsp3) is 0.538. The van der Waals surface area contributed by atoms with E-state index in [1.165, 1.54) is 10.4 Å². The van der Waals surface area contributed by atoms with Crippen molar-refractivity contribution in [2.45, 2.75) is 4.90 Å². The van der Waals surface area contributed by atoms with E-state index in [0.29, 0.717) is 42.3 Å². The van der Waals surface area contributed by atoms with Gasteiger partial charge in [-0.15, -0.1) is 0 Å². The molecule has 2 fully saturated rings. The summed E-state index contributed by atoms with van der Waals surface area (Å²) in [5, 5.41) is 9.13. The summed E-state index contributed by atoms with van der Waals surface area (Å²) in [7, 11) is -3.48. The molecule has 1 aromatic carbocycles. The van der Waals surface area contributed by atoms with E-state index < -0.39 is 10.0 Å². The first-order chi connectivity index (χ1) is 9.61. The fourth-order valence-corrected chi connectivity index (χ4v) is 4.80. The Hall–Kier alpha value is -1.31. The largest absolute Gasteiger partial charge is 0.454 e. The molecular formula is C13H15NO5S. The Balaban J connectivity index is 1.59. The van der Waals surface area contributed by atoms with Crippen molar-refractivity contribution in [3.05, 3.63) is 18.2 Å². The Morgan fingerprint density at radius 3 is 2.60 bits per heavy atom. The van der Waals surface area contributed by atoms with Gasteiger partial charge in [0.1, 0.15) is 0 Å². The van der Waals surface area contributed by atoms with Crippen LogP contribution in [-0.4, -0.2) is 44.3 Å². The first-order valence-corrected chi connectivity index (χ1v) is 8.06. The molecule has 7 heteroatoms. The topological polar surface area (TPSA) is 76.1 Å². The number of aliphatic hydroxyl groups excluding tert-OH is 1. The molecule has 4 rings (SSSR count). The van der Waals surface area contributed by atoms with Crippen LogP contribution in [0.4, 0.5) is 0 Å². The number of hydrogen-bond acceptors (Lipinski definition) is 5. The van der Waals surface area contributed by atoms with E-state index >= 15 is 0 Å². The lowest BCUT2D eigenvalue weighted by atomic mass is 10.3. The first kappa shape index (κ1) is 12.4. The van der Waals surface area contributed by atoms with Gasteiger partial charge in [0.2, 0.25) is 16.8 Å². The Morgan fingerprint density at radius 2 is 1.90 bits per heavy atom. The average Bonchev–Trinajstić information content (AvgIpc) is 2.87. The Labute approximate surface area is 117 Å². The van der Waals surface area contributed by atoms with Crippen molar-refractivity contribution in [2.75, 3.05) is 26.5 Å². The maximum atomic E-state index is 12.6. The van der Waals surface area contributed by atoms with E-state index in [0.717, 1.165) is 0 Å². The van der Waals surface area contributed by atoms with Gasteiger partial charge in [-0.25, -0.2) is 8.42 Å². The molecule has 1 N–H and O–H groups in total. The highest BCUT2D eigenvalue weighted by Gasteiger charge is 2.57. The monoisotopic (exact) mass is 297 g/mol. The number of ether oxygens (including phenoxy) is 2. The lowest BCUT2D eigenvalue weighted by Crippen LogP contribution is -2.32. The molecule has 20 heavy (non-hydrogen) atoms. The number of benzene rings is 1. The standard InChI is InChI=1S/C13H15NO5S/c15-6-11-9-4-14(5-10(9)11)20(16,17)8-1-2-12-13(3-8)19-7-18-12/h1-3,9-11,15H,4-7H2/t9-,10+,11?. The second kappa shape index (κ2) is 4.09. The quantitative estimate of drug-likeness (QED) is 0.867. The van der Waals surface area contributed by atoms with Crippen LogP contribution in [0.1, 0.15) is 0 Å². The van der Waals surface area contributed by atoms with Gasteiger partial charge in [0, 0.05) is 25.8 Å².